The van der Waals surface area contributed by atoms with Crippen molar-refractivity contribution in [3.63, 3.8) is 0 Å². The van der Waals surface area contributed by atoms with Crippen LogP contribution in [0.5, 0.6) is 17.2 Å². The van der Waals surface area contributed by atoms with Gasteiger partial charge in [-0.05, 0) is 49.2 Å². The number of hydrogen-bond acceptors (Lipinski definition) is 5. The van der Waals surface area contributed by atoms with Gasteiger partial charge < -0.3 is 29.5 Å². The van der Waals surface area contributed by atoms with Crippen LogP contribution in [0.2, 0.25) is 0 Å². The number of ether oxygens (including phenoxy) is 3. The van der Waals surface area contributed by atoms with E-state index in [0.717, 1.165) is 40.9 Å². The van der Waals surface area contributed by atoms with Crippen molar-refractivity contribution in [3.8, 4) is 17.2 Å². The van der Waals surface area contributed by atoms with Crippen molar-refractivity contribution in [2.24, 2.45) is 4.99 Å². The summed E-state index contributed by atoms with van der Waals surface area (Å²) in [7, 11) is 1.96. The lowest BCUT2D eigenvalue weighted by atomic mass is 10.2. The SMILES string of the molecule is CCNC(=NCC(O)COc1cccc(C)c1)N(C)Cc1ccc2c(c1)OCO2.I. The Morgan fingerprint density at radius 2 is 2.03 bits per heavy atom. The molecular weight excluding hydrogens is 497 g/mol. The summed E-state index contributed by atoms with van der Waals surface area (Å²) in [5.74, 6) is 3.01. The molecule has 1 atom stereocenters. The minimum absolute atomic E-state index is 0. The third-order valence-electron chi connectivity index (χ3n) is 4.44. The van der Waals surface area contributed by atoms with Crippen molar-refractivity contribution >= 4 is 29.9 Å². The maximum Gasteiger partial charge on any atom is 0.231 e. The number of hydrogen-bond donors (Lipinski definition) is 2. The molecule has 2 N–H and O–H groups in total. The van der Waals surface area contributed by atoms with Crippen LogP contribution < -0.4 is 19.5 Å². The number of nitrogens with one attached hydrogen (secondary N) is 1. The molecule has 8 heteroatoms. The highest BCUT2D eigenvalue weighted by Gasteiger charge is 2.15. The van der Waals surface area contributed by atoms with Gasteiger partial charge in [-0.3, -0.25) is 4.99 Å². The normalized spacial score (nSPS) is 13.4. The van der Waals surface area contributed by atoms with E-state index in [4.69, 9.17) is 14.2 Å². The van der Waals surface area contributed by atoms with Gasteiger partial charge >= 0.3 is 0 Å². The van der Waals surface area contributed by atoms with Crippen molar-refractivity contribution < 1.29 is 19.3 Å². The molecule has 0 saturated carbocycles. The van der Waals surface area contributed by atoms with Gasteiger partial charge in [-0.15, -0.1) is 24.0 Å². The van der Waals surface area contributed by atoms with E-state index in [1.54, 1.807) is 0 Å². The Morgan fingerprint density at radius 3 is 2.80 bits per heavy atom. The molecule has 0 radical (unpaired) electrons. The molecule has 0 bridgehead atoms. The second-order valence-corrected chi connectivity index (χ2v) is 7.02. The van der Waals surface area contributed by atoms with Crippen LogP contribution in [0.1, 0.15) is 18.1 Å². The lowest BCUT2D eigenvalue weighted by molar-refractivity contribution is 0.114. The fourth-order valence-electron chi connectivity index (χ4n) is 3.00. The predicted octanol–water partition coefficient (Wildman–Crippen LogP) is 3.18. The van der Waals surface area contributed by atoms with Crippen molar-refractivity contribution in [1.29, 1.82) is 0 Å². The maximum atomic E-state index is 10.3. The molecule has 1 aliphatic heterocycles. The van der Waals surface area contributed by atoms with Crippen LogP contribution in [0.4, 0.5) is 0 Å². The van der Waals surface area contributed by atoms with Gasteiger partial charge in [-0.2, -0.15) is 0 Å². The van der Waals surface area contributed by atoms with Crippen LogP contribution in [0.3, 0.4) is 0 Å². The molecule has 1 aliphatic rings. The van der Waals surface area contributed by atoms with Gasteiger partial charge in [0.05, 0.1) is 6.54 Å². The summed E-state index contributed by atoms with van der Waals surface area (Å²) in [6.45, 7) is 6.12. The molecule has 1 heterocycles. The summed E-state index contributed by atoms with van der Waals surface area (Å²) in [4.78, 5) is 6.57. The molecule has 2 aromatic rings. The Kier molecular flexibility index (Phi) is 9.51. The lowest BCUT2D eigenvalue weighted by Crippen LogP contribution is -2.39. The number of aryl methyl sites for hydroxylation is 1. The van der Waals surface area contributed by atoms with Crippen LogP contribution in [0.15, 0.2) is 47.5 Å². The quantitative estimate of drug-likeness (QED) is 0.312. The van der Waals surface area contributed by atoms with Crippen LogP contribution in [0, 0.1) is 6.92 Å². The van der Waals surface area contributed by atoms with Crippen molar-refractivity contribution in [3.05, 3.63) is 53.6 Å². The first-order chi connectivity index (χ1) is 14.0. The maximum absolute atomic E-state index is 10.3. The largest absolute Gasteiger partial charge is 0.491 e. The smallest absolute Gasteiger partial charge is 0.231 e. The van der Waals surface area contributed by atoms with E-state index in [1.807, 2.05) is 68.3 Å². The molecule has 0 aliphatic carbocycles. The summed E-state index contributed by atoms with van der Waals surface area (Å²) >= 11 is 0. The predicted molar refractivity (Wildman–Crippen MR) is 128 cm³/mol. The number of rotatable bonds is 8. The molecule has 0 amide bonds. The molecule has 7 nitrogen and oxygen atoms in total. The number of guanidine groups is 1. The lowest BCUT2D eigenvalue weighted by Gasteiger charge is -2.23. The second kappa shape index (κ2) is 11.8. The second-order valence-electron chi connectivity index (χ2n) is 7.02. The van der Waals surface area contributed by atoms with E-state index in [0.29, 0.717) is 6.54 Å². The number of benzene rings is 2. The van der Waals surface area contributed by atoms with Crippen molar-refractivity contribution in [2.45, 2.75) is 26.5 Å². The van der Waals surface area contributed by atoms with Crippen LogP contribution in [-0.4, -0.2) is 55.6 Å². The molecule has 0 spiro atoms. The van der Waals surface area contributed by atoms with Gasteiger partial charge in [0.2, 0.25) is 6.79 Å². The molecule has 3 rings (SSSR count). The third kappa shape index (κ3) is 6.94. The zero-order chi connectivity index (χ0) is 20.6. The summed E-state index contributed by atoms with van der Waals surface area (Å²) < 4.78 is 16.5. The van der Waals surface area contributed by atoms with Crippen LogP contribution in [0.25, 0.3) is 0 Å². The summed E-state index contributed by atoms with van der Waals surface area (Å²) in [6, 6.07) is 13.7. The monoisotopic (exact) mass is 527 g/mol. The van der Waals surface area contributed by atoms with Gasteiger partial charge in [-0.1, -0.05) is 18.2 Å². The summed E-state index contributed by atoms with van der Waals surface area (Å²) in [6.07, 6.45) is -0.692. The molecule has 0 saturated heterocycles. The van der Waals surface area contributed by atoms with Gasteiger partial charge in [0.25, 0.3) is 0 Å². The highest BCUT2D eigenvalue weighted by molar-refractivity contribution is 14.0. The number of aliphatic imine (C=N–C) groups is 1. The van der Waals surface area contributed by atoms with E-state index >= 15 is 0 Å². The molecular formula is C22H30IN3O4. The molecule has 164 valence electrons. The standard InChI is InChI=1S/C22H29N3O4.HI/c1-4-23-22(24-12-18(26)14-27-19-7-5-6-16(2)10-19)25(3)13-17-8-9-20-21(11-17)29-15-28-20;/h5-11,18,26H,4,12-15H2,1-3H3,(H,23,24);1H. The molecule has 1 unspecified atom stereocenters. The van der Waals surface area contributed by atoms with Crippen molar-refractivity contribution in [1.82, 2.24) is 10.2 Å². The first-order valence-corrected chi connectivity index (χ1v) is 9.80. The van der Waals surface area contributed by atoms with E-state index in [9.17, 15) is 5.11 Å². The average molecular weight is 527 g/mol. The first kappa shape index (κ1) is 24.1. The molecule has 2 aromatic carbocycles. The summed E-state index contributed by atoms with van der Waals surface area (Å²) in [5.41, 5.74) is 2.21. The third-order valence-corrected chi connectivity index (χ3v) is 4.44. The minimum Gasteiger partial charge on any atom is -0.491 e. The molecule has 30 heavy (non-hydrogen) atoms. The van der Waals surface area contributed by atoms with Gasteiger partial charge in [0.1, 0.15) is 18.5 Å². The fourth-order valence-corrected chi connectivity index (χ4v) is 3.00. The number of halogens is 1. The highest BCUT2D eigenvalue weighted by Crippen LogP contribution is 2.32. The number of fused-ring (bicyclic) bond motifs is 1. The fraction of sp³-hybridized carbons (Fsp3) is 0.409. The summed E-state index contributed by atoms with van der Waals surface area (Å²) in [5, 5.41) is 13.5. The Labute approximate surface area is 195 Å². The first-order valence-electron chi connectivity index (χ1n) is 9.80. The van der Waals surface area contributed by atoms with Crippen LogP contribution >= 0.6 is 24.0 Å². The van der Waals surface area contributed by atoms with Crippen molar-refractivity contribution in [2.75, 3.05) is 33.5 Å². The van der Waals surface area contributed by atoms with Gasteiger partial charge in [0.15, 0.2) is 17.5 Å². The van der Waals surface area contributed by atoms with Gasteiger partial charge in [-0.25, -0.2) is 0 Å². The Bertz CT molecular complexity index is 847. The average Bonchev–Trinajstić information content (AvgIpc) is 3.17. The van der Waals surface area contributed by atoms with Crippen LogP contribution in [-0.2, 0) is 6.54 Å². The zero-order valence-electron chi connectivity index (χ0n) is 17.6. The topological polar surface area (TPSA) is 75.6 Å². The number of aliphatic hydroxyl groups excluding tert-OH is 1. The highest BCUT2D eigenvalue weighted by atomic mass is 127. The minimum atomic E-state index is -0.692. The molecule has 0 aromatic heterocycles. The Balaban J connectivity index is 0.00000320. The van der Waals surface area contributed by atoms with E-state index < -0.39 is 6.10 Å². The number of nitrogens with zero attached hydrogens (tertiary/aromatic N) is 2. The Morgan fingerprint density at radius 1 is 1.23 bits per heavy atom. The van der Waals surface area contributed by atoms with E-state index in [1.165, 1.54) is 0 Å². The van der Waals surface area contributed by atoms with E-state index in [-0.39, 0.29) is 43.9 Å². The van der Waals surface area contributed by atoms with Gasteiger partial charge in [0, 0.05) is 20.1 Å². The molecule has 0 fully saturated rings. The van der Waals surface area contributed by atoms with E-state index in [2.05, 4.69) is 10.3 Å². The Hall–Kier alpha value is -2.20. The number of aliphatic hydroxyl groups is 1. The zero-order valence-corrected chi connectivity index (χ0v) is 20.0.